The molecule has 0 spiro atoms. The molecule has 1 aliphatic heterocycles. The minimum absolute atomic E-state index is 0.140. The van der Waals surface area contributed by atoms with Crippen LogP contribution in [0, 0.1) is 0 Å². The molecule has 1 fully saturated rings. The van der Waals surface area contributed by atoms with Crippen LogP contribution in [0.5, 0.6) is 0 Å². The van der Waals surface area contributed by atoms with Crippen LogP contribution >= 0.6 is 0 Å². The normalized spacial score (nSPS) is 18.9. The molecule has 4 heteroatoms. The zero-order chi connectivity index (χ0) is 13.0. The van der Waals surface area contributed by atoms with Crippen molar-refractivity contribution in [2.24, 2.45) is 0 Å². The van der Waals surface area contributed by atoms with E-state index >= 15 is 0 Å². The van der Waals surface area contributed by atoms with E-state index in [0.29, 0.717) is 12.1 Å². The summed E-state index contributed by atoms with van der Waals surface area (Å²) in [5.74, 6) is 0.294. The van der Waals surface area contributed by atoms with Crippen molar-refractivity contribution < 1.29 is 9.59 Å². The molecule has 0 bridgehead atoms. The molecule has 17 heavy (non-hydrogen) atoms. The van der Waals surface area contributed by atoms with Gasteiger partial charge in [0.05, 0.1) is 0 Å². The first-order chi connectivity index (χ1) is 7.97. The Balaban J connectivity index is 2.61. The lowest BCUT2D eigenvalue weighted by atomic mass is 10.0. The molecule has 1 saturated heterocycles. The van der Waals surface area contributed by atoms with Gasteiger partial charge in [-0.1, -0.05) is 6.92 Å². The van der Waals surface area contributed by atoms with Gasteiger partial charge in [0.1, 0.15) is 0 Å². The van der Waals surface area contributed by atoms with Crippen LogP contribution in [0.2, 0.25) is 0 Å². The van der Waals surface area contributed by atoms with Crippen LogP contribution in [0.1, 0.15) is 47.0 Å². The number of rotatable bonds is 3. The average molecular weight is 240 g/mol. The lowest BCUT2D eigenvalue weighted by Crippen LogP contribution is -2.50. The lowest BCUT2D eigenvalue weighted by Gasteiger charge is -2.40. The van der Waals surface area contributed by atoms with Crippen molar-refractivity contribution >= 4 is 11.8 Å². The number of carbonyl (C=O) groups excluding carboxylic acids is 2. The van der Waals surface area contributed by atoms with Crippen LogP contribution in [-0.2, 0) is 9.59 Å². The quantitative estimate of drug-likeness (QED) is 0.752. The molecule has 0 aromatic rings. The average Bonchev–Trinajstić information content (AvgIpc) is 2.29. The summed E-state index contributed by atoms with van der Waals surface area (Å²) in [4.78, 5) is 26.8. The summed E-state index contributed by atoms with van der Waals surface area (Å²) < 4.78 is 0. The summed E-state index contributed by atoms with van der Waals surface area (Å²) in [7, 11) is 0. The first kappa shape index (κ1) is 14.0. The third-order valence-electron chi connectivity index (χ3n) is 3.73. The lowest BCUT2D eigenvalue weighted by molar-refractivity contribution is -0.136. The van der Waals surface area contributed by atoms with E-state index in [0.717, 1.165) is 32.4 Å². The number of hydrogen-bond donors (Lipinski definition) is 0. The van der Waals surface area contributed by atoms with Crippen LogP contribution in [-0.4, -0.2) is 46.8 Å². The minimum atomic E-state index is 0.140. The number of nitrogens with zero attached hydrogens (tertiary/aromatic N) is 2. The first-order valence-corrected chi connectivity index (χ1v) is 6.51. The van der Waals surface area contributed by atoms with E-state index in [4.69, 9.17) is 0 Å². The van der Waals surface area contributed by atoms with Crippen LogP contribution in [0.3, 0.4) is 0 Å². The monoisotopic (exact) mass is 240 g/mol. The van der Waals surface area contributed by atoms with Gasteiger partial charge >= 0.3 is 0 Å². The van der Waals surface area contributed by atoms with E-state index in [1.165, 1.54) is 0 Å². The third-order valence-corrected chi connectivity index (χ3v) is 3.73. The Hall–Kier alpha value is -1.06. The Morgan fingerprint density at radius 2 is 1.82 bits per heavy atom. The van der Waals surface area contributed by atoms with Crippen molar-refractivity contribution in [3.05, 3.63) is 0 Å². The molecule has 1 aliphatic rings. The van der Waals surface area contributed by atoms with Gasteiger partial charge < -0.3 is 9.80 Å². The second kappa shape index (κ2) is 6.03. The highest BCUT2D eigenvalue weighted by molar-refractivity contribution is 5.74. The standard InChI is InChI=1S/C13H24N2O2/c1-5-10(2)15(12(4)17)13-6-8-14(9-7-13)11(3)16/h10,13H,5-9H2,1-4H3. The Labute approximate surface area is 104 Å². The highest BCUT2D eigenvalue weighted by Crippen LogP contribution is 2.20. The summed E-state index contributed by atoms with van der Waals surface area (Å²) in [6.45, 7) is 9.01. The maximum Gasteiger partial charge on any atom is 0.219 e. The maximum atomic E-state index is 11.7. The molecule has 0 saturated carbocycles. The van der Waals surface area contributed by atoms with Crippen LogP contribution in [0.25, 0.3) is 0 Å². The minimum Gasteiger partial charge on any atom is -0.343 e. The van der Waals surface area contributed by atoms with Crippen molar-refractivity contribution in [1.29, 1.82) is 0 Å². The van der Waals surface area contributed by atoms with E-state index in [-0.39, 0.29) is 11.8 Å². The molecule has 0 N–H and O–H groups in total. The van der Waals surface area contributed by atoms with Crippen LogP contribution < -0.4 is 0 Å². The SMILES string of the molecule is CCC(C)N(C(C)=O)C1CCN(C(C)=O)CC1. The first-order valence-electron chi connectivity index (χ1n) is 6.51. The fraction of sp³-hybridized carbons (Fsp3) is 0.846. The smallest absolute Gasteiger partial charge is 0.219 e. The Bertz CT molecular complexity index is 283. The number of carbonyl (C=O) groups is 2. The van der Waals surface area contributed by atoms with Crippen molar-refractivity contribution in [2.75, 3.05) is 13.1 Å². The van der Waals surface area contributed by atoms with E-state index in [1.807, 2.05) is 9.80 Å². The Kier molecular flexibility index (Phi) is 4.97. The largest absolute Gasteiger partial charge is 0.343 e. The maximum absolute atomic E-state index is 11.7. The zero-order valence-electron chi connectivity index (χ0n) is 11.4. The van der Waals surface area contributed by atoms with Gasteiger partial charge in [0.2, 0.25) is 11.8 Å². The van der Waals surface area contributed by atoms with Gasteiger partial charge in [0.25, 0.3) is 0 Å². The fourth-order valence-electron chi connectivity index (χ4n) is 2.58. The molecular weight excluding hydrogens is 216 g/mol. The molecule has 98 valence electrons. The number of piperidine rings is 1. The van der Waals surface area contributed by atoms with Gasteiger partial charge in [-0.25, -0.2) is 0 Å². The molecule has 0 aromatic carbocycles. The van der Waals surface area contributed by atoms with E-state index in [1.54, 1.807) is 13.8 Å². The van der Waals surface area contributed by atoms with Crippen molar-refractivity contribution in [1.82, 2.24) is 9.80 Å². The van der Waals surface area contributed by atoms with Crippen molar-refractivity contribution in [3.63, 3.8) is 0 Å². The van der Waals surface area contributed by atoms with E-state index < -0.39 is 0 Å². The summed E-state index contributed by atoms with van der Waals surface area (Å²) in [5.41, 5.74) is 0. The van der Waals surface area contributed by atoms with Crippen LogP contribution in [0.15, 0.2) is 0 Å². The molecular formula is C13H24N2O2. The summed E-state index contributed by atoms with van der Waals surface area (Å²) in [6, 6.07) is 0.597. The van der Waals surface area contributed by atoms with Gasteiger partial charge in [-0.2, -0.15) is 0 Å². The topological polar surface area (TPSA) is 40.6 Å². The molecule has 1 unspecified atom stereocenters. The highest BCUT2D eigenvalue weighted by atomic mass is 16.2. The fourth-order valence-corrected chi connectivity index (χ4v) is 2.58. The summed E-state index contributed by atoms with van der Waals surface area (Å²) in [5, 5.41) is 0. The van der Waals surface area contributed by atoms with E-state index in [9.17, 15) is 9.59 Å². The Morgan fingerprint density at radius 3 is 2.18 bits per heavy atom. The number of hydrogen-bond acceptors (Lipinski definition) is 2. The molecule has 1 rings (SSSR count). The third kappa shape index (κ3) is 3.45. The van der Waals surface area contributed by atoms with Crippen molar-refractivity contribution in [2.45, 2.75) is 59.0 Å². The number of likely N-dealkylation sites (tertiary alicyclic amines) is 1. The summed E-state index contributed by atoms with van der Waals surface area (Å²) in [6.07, 6.45) is 2.79. The predicted molar refractivity (Wildman–Crippen MR) is 67.5 cm³/mol. The summed E-state index contributed by atoms with van der Waals surface area (Å²) >= 11 is 0. The molecule has 1 heterocycles. The molecule has 1 atom stereocenters. The van der Waals surface area contributed by atoms with Gasteiger partial charge in [-0.3, -0.25) is 9.59 Å². The molecule has 4 nitrogen and oxygen atoms in total. The molecule has 0 aliphatic carbocycles. The second-order valence-electron chi connectivity index (χ2n) is 4.92. The molecule has 2 amide bonds. The van der Waals surface area contributed by atoms with Gasteiger partial charge in [-0.05, 0) is 26.2 Å². The molecule has 0 aromatic heterocycles. The highest BCUT2D eigenvalue weighted by Gasteiger charge is 2.29. The van der Waals surface area contributed by atoms with Crippen LogP contribution in [0.4, 0.5) is 0 Å². The van der Waals surface area contributed by atoms with Crippen molar-refractivity contribution in [3.8, 4) is 0 Å². The van der Waals surface area contributed by atoms with Gasteiger partial charge in [0.15, 0.2) is 0 Å². The van der Waals surface area contributed by atoms with E-state index in [2.05, 4.69) is 13.8 Å². The second-order valence-corrected chi connectivity index (χ2v) is 4.92. The predicted octanol–water partition coefficient (Wildman–Crippen LogP) is 1.64. The van der Waals surface area contributed by atoms with Gasteiger partial charge in [-0.15, -0.1) is 0 Å². The number of amides is 2. The van der Waals surface area contributed by atoms with Gasteiger partial charge in [0, 0.05) is 39.0 Å². The molecule has 0 radical (unpaired) electrons. The zero-order valence-corrected chi connectivity index (χ0v) is 11.4. The Morgan fingerprint density at radius 1 is 1.29 bits per heavy atom.